The van der Waals surface area contributed by atoms with Crippen LogP contribution in [0.3, 0.4) is 0 Å². The normalized spacial score (nSPS) is 35.1. The molecule has 2 aliphatic rings. The summed E-state index contributed by atoms with van der Waals surface area (Å²) in [5.41, 5.74) is 1.07. The van der Waals surface area contributed by atoms with Crippen molar-refractivity contribution in [2.24, 2.45) is 5.92 Å². The van der Waals surface area contributed by atoms with Crippen LogP contribution < -0.4 is 5.32 Å². The maximum Gasteiger partial charge on any atom is 0.241 e. The molecule has 1 aromatic carbocycles. The third-order valence-electron chi connectivity index (χ3n) is 3.90. The van der Waals surface area contributed by atoms with Crippen LogP contribution in [-0.2, 0) is 4.79 Å². The summed E-state index contributed by atoms with van der Waals surface area (Å²) in [5.74, 6) is 0.817. The van der Waals surface area contributed by atoms with Crippen LogP contribution in [0.5, 0.6) is 0 Å². The van der Waals surface area contributed by atoms with E-state index >= 15 is 0 Å². The second kappa shape index (κ2) is 4.25. The standard InChI is InChI=1S/C14H17ClN2O/c1-8-6-12(8)17-13(16-9(2)14(17)18)10-4-3-5-11(15)7-10/h3-5,7-9,12-13,16H,6H2,1-2H3. The minimum Gasteiger partial charge on any atom is -0.318 e. The Bertz CT molecular complexity index is 490. The van der Waals surface area contributed by atoms with Gasteiger partial charge < -0.3 is 4.90 Å². The smallest absolute Gasteiger partial charge is 0.241 e. The number of nitrogens with one attached hydrogen (secondary N) is 1. The molecule has 2 fully saturated rings. The number of hydrogen-bond donors (Lipinski definition) is 1. The van der Waals surface area contributed by atoms with Crippen molar-refractivity contribution in [1.82, 2.24) is 10.2 Å². The fourth-order valence-electron chi connectivity index (χ4n) is 2.72. The van der Waals surface area contributed by atoms with Crippen LogP contribution in [0.2, 0.25) is 5.02 Å². The molecule has 1 aromatic rings. The van der Waals surface area contributed by atoms with Crippen molar-refractivity contribution in [2.75, 3.05) is 0 Å². The molecule has 0 radical (unpaired) electrons. The van der Waals surface area contributed by atoms with E-state index in [0.717, 1.165) is 12.0 Å². The highest BCUT2D eigenvalue weighted by molar-refractivity contribution is 6.30. The molecular formula is C14H17ClN2O. The van der Waals surface area contributed by atoms with E-state index in [-0.39, 0.29) is 18.1 Å². The monoisotopic (exact) mass is 264 g/mol. The predicted octanol–water partition coefficient (Wildman–Crippen LogP) is 2.57. The average Bonchev–Trinajstić information content (AvgIpc) is 2.96. The summed E-state index contributed by atoms with van der Waals surface area (Å²) in [6.45, 7) is 4.11. The Morgan fingerprint density at radius 1 is 1.39 bits per heavy atom. The highest BCUT2D eigenvalue weighted by atomic mass is 35.5. The molecule has 1 N–H and O–H groups in total. The third kappa shape index (κ3) is 1.91. The molecule has 0 aromatic heterocycles. The van der Waals surface area contributed by atoms with Crippen LogP contribution in [0.15, 0.2) is 24.3 Å². The largest absolute Gasteiger partial charge is 0.318 e. The lowest BCUT2D eigenvalue weighted by molar-refractivity contribution is -0.130. The molecule has 1 aliphatic heterocycles. The van der Waals surface area contributed by atoms with E-state index in [1.165, 1.54) is 0 Å². The average molecular weight is 265 g/mol. The van der Waals surface area contributed by atoms with E-state index in [2.05, 4.69) is 12.2 Å². The number of hydrogen-bond acceptors (Lipinski definition) is 2. The molecule has 96 valence electrons. The number of carbonyl (C=O) groups excluding carboxylic acids is 1. The number of carbonyl (C=O) groups is 1. The molecule has 18 heavy (non-hydrogen) atoms. The molecule has 1 aliphatic carbocycles. The van der Waals surface area contributed by atoms with Gasteiger partial charge in [0.2, 0.25) is 5.91 Å². The van der Waals surface area contributed by atoms with Crippen molar-refractivity contribution >= 4 is 17.5 Å². The number of nitrogens with zero attached hydrogens (tertiary/aromatic N) is 1. The second-order valence-electron chi connectivity index (χ2n) is 5.37. The van der Waals surface area contributed by atoms with Crippen molar-refractivity contribution < 1.29 is 4.79 Å². The van der Waals surface area contributed by atoms with Crippen molar-refractivity contribution in [3.63, 3.8) is 0 Å². The zero-order valence-electron chi connectivity index (χ0n) is 10.6. The Kier molecular flexibility index (Phi) is 2.83. The van der Waals surface area contributed by atoms with Crippen molar-refractivity contribution in [3.8, 4) is 0 Å². The number of amides is 1. The number of benzene rings is 1. The fraction of sp³-hybridized carbons (Fsp3) is 0.500. The van der Waals surface area contributed by atoms with Gasteiger partial charge in [-0.15, -0.1) is 0 Å². The van der Waals surface area contributed by atoms with Crippen molar-refractivity contribution in [2.45, 2.75) is 38.5 Å². The summed E-state index contributed by atoms with van der Waals surface area (Å²) in [6, 6.07) is 8.02. The van der Waals surface area contributed by atoms with Gasteiger partial charge >= 0.3 is 0 Å². The van der Waals surface area contributed by atoms with Gasteiger partial charge in [-0.05, 0) is 37.0 Å². The maximum atomic E-state index is 12.2. The van der Waals surface area contributed by atoms with Gasteiger partial charge in [0, 0.05) is 11.1 Å². The first-order valence-electron chi connectivity index (χ1n) is 6.41. The molecule has 1 saturated carbocycles. The van der Waals surface area contributed by atoms with E-state index in [0.29, 0.717) is 17.0 Å². The van der Waals surface area contributed by atoms with Gasteiger partial charge in [-0.2, -0.15) is 0 Å². The first-order valence-corrected chi connectivity index (χ1v) is 6.79. The lowest BCUT2D eigenvalue weighted by Gasteiger charge is -2.25. The van der Waals surface area contributed by atoms with E-state index in [9.17, 15) is 4.79 Å². The van der Waals surface area contributed by atoms with E-state index < -0.39 is 0 Å². The predicted molar refractivity (Wildman–Crippen MR) is 71.2 cm³/mol. The Labute approximate surface area is 112 Å². The molecule has 0 bridgehead atoms. The zero-order valence-corrected chi connectivity index (χ0v) is 11.3. The Hall–Kier alpha value is -1.06. The molecule has 4 unspecified atom stereocenters. The Morgan fingerprint density at radius 3 is 2.72 bits per heavy atom. The van der Waals surface area contributed by atoms with Gasteiger partial charge in [0.15, 0.2) is 0 Å². The van der Waals surface area contributed by atoms with Gasteiger partial charge in [-0.3, -0.25) is 10.1 Å². The summed E-state index contributed by atoms with van der Waals surface area (Å²) < 4.78 is 0. The third-order valence-corrected chi connectivity index (χ3v) is 4.13. The highest BCUT2D eigenvalue weighted by Gasteiger charge is 2.49. The summed E-state index contributed by atoms with van der Waals surface area (Å²) in [4.78, 5) is 14.2. The number of rotatable bonds is 2. The van der Waals surface area contributed by atoms with E-state index in [1.54, 1.807) is 0 Å². The van der Waals surface area contributed by atoms with Crippen LogP contribution in [0.25, 0.3) is 0 Å². The lowest BCUT2D eigenvalue weighted by atomic mass is 10.1. The van der Waals surface area contributed by atoms with Gasteiger partial charge in [0.1, 0.15) is 6.17 Å². The summed E-state index contributed by atoms with van der Waals surface area (Å²) in [5, 5.41) is 4.07. The molecule has 4 heteroatoms. The molecule has 1 heterocycles. The van der Waals surface area contributed by atoms with Crippen LogP contribution in [-0.4, -0.2) is 22.9 Å². The molecule has 1 amide bonds. The minimum absolute atomic E-state index is 0.0267. The quantitative estimate of drug-likeness (QED) is 0.890. The van der Waals surface area contributed by atoms with Gasteiger partial charge in [0.05, 0.1) is 6.04 Å². The number of halogens is 1. The molecular weight excluding hydrogens is 248 g/mol. The summed E-state index contributed by atoms with van der Waals surface area (Å²) >= 11 is 6.04. The maximum absolute atomic E-state index is 12.2. The van der Waals surface area contributed by atoms with Gasteiger partial charge in [-0.25, -0.2) is 0 Å². The lowest BCUT2D eigenvalue weighted by Crippen LogP contribution is -2.33. The van der Waals surface area contributed by atoms with Crippen molar-refractivity contribution in [1.29, 1.82) is 0 Å². The molecule has 3 nitrogen and oxygen atoms in total. The minimum atomic E-state index is -0.109. The van der Waals surface area contributed by atoms with E-state index in [4.69, 9.17) is 11.6 Å². The van der Waals surface area contributed by atoms with Crippen molar-refractivity contribution in [3.05, 3.63) is 34.9 Å². The SMILES string of the molecule is CC1NC(c2cccc(Cl)c2)N(C2CC2C)C1=O. The molecule has 4 atom stereocenters. The molecule has 1 saturated heterocycles. The first-order chi connectivity index (χ1) is 8.58. The molecule has 3 rings (SSSR count). The fourth-order valence-corrected chi connectivity index (χ4v) is 2.92. The summed E-state index contributed by atoms with van der Waals surface area (Å²) in [7, 11) is 0. The van der Waals surface area contributed by atoms with E-state index in [1.807, 2.05) is 36.1 Å². The van der Waals surface area contributed by atoms with Crippen LogP contribution in [0.1, 0.15) is 32.0 Å². The summed E-state index contributed by atoms with van der Waals surface area (Å²) in [6.07, 6.45) is 1.08. The zero-order chi connectivity index (χ0) is 12.9. The Balaban J connectivity index is 1.92. The van der Waals surface area contributed by atoms with Crippen LogP contribution in [0.4, 0.5) is 0 Å². The second-order valence-corrected chi connectivity index (χ2v) is 5.81. The molecule has 0 spiro atoms. The highest BCUT2D eigenvalue weighted by Crippen LogP contribution is 2.42. The van der Waals surface area contributed by atoms with Gasteiger partial charge in [-0.1, -0.05) is 30.7 Å². The first kappa shape index (κ1) is 12.0. The van der Waals surface area contributed by atoms with Crippen LogP contribution >= 0.6 is 11.6 Å². The van der Waals surface area contributed by atoms with Gasteiger partial charge in [0.25, 0.3) is 0 Å². The topological polar surface area (TPSA) is 32.3 Å². The Morgan fingerprint density at radius 2 is 2.11 bits per heavy atom. The van der Waals surface area contributed by atoms with Crippen LogP contribution in [0, 0.1) is 5.92 Å².